The van der Waals surface area contributed by atoms with Gasteiger partial charge in [0, 0.05) is 6.04 Å². The van der Waals surface area contributed by atoms with Gasteiger partial charge < -0.3 is 15.1 Å². The van der Waals surface area contributed by atoms with Crippen LogP contribution in [0.25, 0.3) is 0 Å². The molecule has 0 radical (unpaired) electrons. The molecule has 17 heavy (non-hydrogen) atoms. The summed E-state index contributed by atoms with van der Waals surface area (Å²) in [7, 11) is 0. The smallest absolute Gasteiger partial charge is 0.254 e. The summed E-state index contributed by atoms with van der Waals surface area (Å²) in [5, 5.41) is 5.45. The van der Waals surface area contributed by atoms with Gasteiger partial charge in [0.1, 0.15) is 6.26 Å². The van der Waals surface area contributed by atoms with Crippen LogP contribution in [0.5, 0.6) is 0 Å². The topological polar surface area (TPSA) is 71.3 Å². The molecule has 1 heterocycles. The third kappa shape index (κ3) is 3.34. The zero-order chi connectivity index (χ0) is 12.1. The Labute approximate surface area is 99.6 Å². The molecule has 1 aliphatic rings. The van der Waals surface area contributed by atoms with E-state index in [1.807, 2.05) is 0 Å². The first-order valence-electron chi connectivity index (χ1n) is 5.85. The molecule has 0 atom stereocenters. The van der Waals surface area contributed by atoms with Crippen molar-refractivity contribution in [2.24, 2.45) is 0 Å². The minimum atomic E-state index is -0.291. The Morgan fingerprint density at radius 3 is 2.76 bits per heavy atom. The zero-order valence-corrected chi connectivity index (χ0v) is 9.57. The Morgan fingerprint density at radius 1 is 1.35 bits per heavy atom. The van der Waals surface area contributed by atoms with Crippen molar-refractivity contribution >= 4 is 11.8 Å². The number of carbonyl (C=O) groups is 2. The van der Waals surface area contributed by atoms with E-state index >= 15 is 0 Å². The van der Waals surface area contributed by atoms with Crippen LogP contribution in [0.1, 0.15) is 36.0 Å². The minimum Gasteiger partial charge on any atom is -0.472 e. The van der Waals surface area contributed by atoms with Crippen LogP contribution in [-0.4, -0.2) is 24.4 Å². The lowest BCUT2D eigenvalue weighted by Gasteiger charge is -2.11. The van der Waals surface area contributed by atoms with Gasteiger partial charge in [-0.2, -0.15) is 0 Å². The molecule has 5 heteroatoms. The molecule has 0 bridgehead atoms. The SMILES string of the molecule is O=C(CNC(=O)c1ccoc1)NC1CCCC1. The second-order valence-electron chi connectivity index (χ2n) is 4.24. The van der Waals surface area contributed by atoms with Crippen LogP contribution in [0, 0.1) is 0 Å². The number of furan rings is 1. The largest absolute Gasteiger partial charge is 0.472 e. The van der Waals surface area contributed by atoms with Crippen LogP contribution in [0.2, 0.25) is 0 Å². The van der Waals surface area contributed by atoms with E-state index in [1.54, 1.807) is 6.07 Å². The highest BCUT2D eigenvalue weighted by Crippen LogP contribution is 2.17. The fourth-order valence-corrected chi connectivity index (χ4v) is 2.01. The molecule has 0 aliphatic heterocycles. The molecule has 0 unspecified atom stereocenters. The van der Waals surface area contributed by atoms with Crippen molar-refractivity contribution in [1.82, 2.24) is 10.6 Å². The number of carbonyl (C=O) groups excluding carboxylic acids is 2. The van der Waals surface area contributed by atoms with E-state index in [9.17, 15) is 9.59 Å². The number of nitrogens with one attached hydrogen (secondary N) is 2. The van der Waals surface area contributed by atoms with Crippen molar-refractivity contribution in [3.8, 4) is 0 Å². The zero-order valence-electron chi connectivity index (χ0n) is 9.57. The highest BCUT2D eigenvalue weighted by Gasteiger charge is 2.17. The maximum Gasteiger partial charge on any atom is 0.254 e. The summed E-state index contributed by atoms with van der Waals surface area (Å²) in [5.41, 5.74) is 0.429. The Kier molecular flexibility index (Phi) is 3.80. The molecule has 5 nitrogen and oxygen atoms in total. The summed E-state index contributed by atoms with van der Waals surface area (Å²) in [5.74, 6) is -0.422. The van der Waals surface area contributed by atoms with E-state index < -0.39 is 0 Å². The molecule has 92 valence electrons. The first-order chi connectivity index (χ1) is 8.25. The van der Waals surface area contributed by atoms with Gasteiger partial charge in [-0.15, -0.1) is 0 Å². The average molecular weight is 236 g/mol. The highest BCUT2D eigenvalue weighted by atomic mass is 16.3. The summed E-state index contributed by atoms with van der Waals surface area (Å²) in [6.45, 7) is 0.0144. The molecule has 1 saturated carbocycles. The predicted molar refractivity (Wildman–Crippen MR) is 61.4 cm³/mol. The molecule has 2 rings (SSSR count). The second-order valence-corrected chi connectivity index (χ2v) is 4.24. The molecule has 1 aromatic rings. The van der Waals surface area contributed by atoms with Gasteiger partial charge in [-0.1, -0.05) is 12.8 Å². The lowest BCUT2D eigenvalue weighted by Crippen LogP contribution is -2.40. The number of hydrogen-bond acceptors (Lipinski definition) is 3. The van der Waals surface area contributed by atoms with Gasteiger partial charge >= 0.3 is 0 Å². The molecule has 0 aromatic carbocycles. The van der Waals surface area contributed by atoms with Crippen LogP contribution in [0.3, 0.4) is 0 Å². The Morgan fingerprint density at radius 2 is 2.12 bits per heavy atom. The summed E-state index contributed by atoms with van der Waals surface area (Å²) in [6, 6.07) is 1.85. The normalized spacial score (nSPS) is 15.8. The van der Waals surface area contributed by atoms with Crippen molar-refractivity contribution in [2.75, 3.05) is 6.54 Å². The van der Waals surface area contributed by atoms with Gasteiger partial charge in [-0.25, -0.2) is 0 Å². The van der Waals surface area contributed by atoms with Gasteiger partial charge in [0.05, 0.1) is 18.4 Å². The van der Waals surface area contributed by atoms with Crippen LogP contribution in [0.4, 0.5) is 0 Å². The Hall–Kier alpha value is -1.78. The van der Waals surface area contributed by atoms with E-state index in [0.717, 1.165) is 12.8 Å². The van der Waals surface area contributed by atoms with E-state index in [-0.39, 0.29) is 24.4 Å². The number of rotatable bonds is 4. The van der Waals surface area contributed by atoms with Gasteiger partial charge in [-0.05, 0) is 18.9 Å². The van der Waals surface area contributed by atoms with Crippen molar-refractivity contribution in [3.63, 3.8) is 0 Å². The fourth-order valence-electron chi connectivity index (χ4n) is 2.01. The average Bonchev–Trinajstić information content (AvgIpc) is 2.97. The molecule has 0 saturated heterocycles. The summed E-state index contributed by atoms with van der Waals surface area (Å²) in [4.78, 5) is 23.0. The van der Waals surface area contributed by atoms with Gasteiger partial charge in [0.25, 0.3) is 5.91 Å². The number of hydrogen-bond donors (Lipinski definition) is 2. The summed E-state index contributed by atoms with van der Waals surface area (Å²) < 4.78 is 4.79. The molecular weight excluding hydrogens is 220 g/mol. The first-order valence-corrected chi connectivity index (χ1v) is 5.85. The molecule has 0 spiro atoms. The van der Waals surface area contributed by atoms with Crippen molar-refractivity contribution in [1.29, 1.82) is 0 Å². The standard InChI is InChI=1S/C12H16N2O3/c15-11(14-10-3-1-2-4-10)7-13-12(16)9-5-6-17-8-9/h5-6,8,10H,1-4,7H2,(H,13,16)(H,14,15). The highest BCUT2D eigenvalue weighted by molar-refractivity contribution is 5.96. The van der Waals surface area contributed by atoms with Crippen molar-refractivity contribution in [2.45, 2.75) is 31.7 Å². The molecule has 2 N–H and O–H groups in total. The molecule has 2 amide bonds. The monoisotopic (exact) mass is 236 g/mol. The lowest BCUT2D eigenvalue weighted by atomic mass is 10.2. The van der Waals surface area contributed by atoms with Gasteiger partial charge in [-0.3, -0.25) is 9.59 Å². The van der Waals surface area contributed by atoms with Crippen LogP contribution < -0.4 is 10.6 Å². The molecular formula is C12H16N2O3. The van der Waals surface area contributed by atoms with E-state index in [4.69, 9.17) is 4.42 Å². The van der Waals surface area contributed by atoms with Gasteiger partial charge in [0.2, 0.25) is 5.91 Å². The van der Waals surface area contributed by atoms with E-state index in [0.29, 0.717) is 5.56 Å². The molecule has 1 aromatic heterocycles. The minimum absolute atomic E-state index is 0.0144. The molecule has 1 aliphatic carbocycles. The Balaban J connectivity index is 1.70. The van der Waals surface area contributed by atoms with Gasteiger partial charge in [0.15, 0.2) is 0 Å². The third-order valence-corrected chi connectivity index (χ3v) is 2.91. The van der Waals surface area contributed by atoms with Crippen molar-refractivity contribution < 1.29 is 14.0 Å². The first kappa shape index (κ1) is 11.7. The van der Waals surface area contributed by atoms with E-state index in [2.05, 4.69) is 10.6 Å². The van der Waals surface area contributed by atoms with Crippen LogP contribution in [-0.2, 0) is 4.79 Å². The Bertz CT molecular complexity index is 380. The quantitative estimate of drug-likeness (QED) is 0.821. The molecule has 1 fully saturated rings. The number of amides is 2. The third-order valence-electron chi connectivity index (χ3n) is 2.91. The predicted octanol–water partition coefficient (Wildman–Crippen LogP) is 1.07. The summed E-state index contributed by atoms with van der Waals surface area (Å²) >= 11 is 0. The van der Waals surface area contributed by atoms with Crippen molar-refractivity contribution in [3.05, 3.63) is 24.2 Å². The fraction of sp³-hybridized carbons (Fsp3) is 0.500. The maximum absolute atomic E-state index is 11.5. The lowest BCUT2D eigenvalue weighted by molar-refractivity contribution is -0.120. The van der Waals surface area contributed by atoms with E-state index in [1.165, 1.54) is 25.4 Å². The summed E-state index contributed by atoms with van der Waals surface area (Å²) in [6.07, 6.45) is 7.21. The maximum atomic E-state index is 11.5. The van der Waals surface area contributed by atoms with Crippen LogP contribution in [0.15, 0.2) is 23.0 Å². The van der Waals surface area contributed by atoms with Crippen LogP contribution >= 0.6 is 0 Å². The second kappa shape index (κ2) is 5.52.